The Morgan fingerprint density at radius 1 is 1.70 bits per heavy atom. The van der Waals surface area contributed by atoms with E-state index in [1.54, 1.807) is 0 Å². The van der Waals surface area contributed by atoms with Crippen molar-refractivity contribution in [2.24, 2.45) is 11.1 Å². The van der Waals surface area contributed by atoms with Crippen molar-refractivity contribution in [3.8, 4) is 0 Å². The molecule has 0 aliphatic heterocycles. The normalized spacial score (nSPS) is 29.2. The van der Waals surface area contributed by atoms with Gasteiger partial charge in [-0.2, -0.15) is 0 Å². The lowest BCUT2D eigenvalue weighted by molar-refractivity contribution is -0.141. The van der Waals surface area contributed by atoms with Gasteiger partial charge in [-0.05, 0) is 12.8 Å². The second-order valence-corrected chi connectivity index (χ2v) is 2.44. The highest BCUT2D eigenvalue weighted by Crippen LogP contribution is 2.22. The molecule has 10 heavy (non-hydrogen) atoms. The second kappa shape index (κ2) is 2.68. The molecule has 0 aromatic heterocycles. The molecule has 2 N–H and O–H groups in total. The minimum absolute atomic E-state index is 0.328. The van der Waals surface area contributed by atoms with Crippen LogP contribution in [0.4, 0.5) is 0 Å². The first kappa shape index (κ1) is 7.05. The number of rotatable bonds is 1. The van der Waals surface area contributed by atoms with Gasteiger partial charge in [-0.3, -0.25) is 4.79 Å². The Morgan fingerprint density at radius 2 is 2.40 bits per heavy atom. The van der Waals surface area contributed by atoms with E-state index in [-0.39, 0.29) is 5.92 Å². The molecule has 1 fully saturated rings. The van der Waals surface area contributed by atoms with Crippen molar-refractivity contribution in [1.82, 2.24) is 0 Å². The largest absolute Gasteiger partial charge is 0.481 e. The highest BCUT2D eigenvalue weighted by atomic mass is 16.4. The number of carboxylic acids is 1. The Labute approximate surface area is 58.2 Å². The standard InChI is InChI=1S/C6H9NO3/c8-6(9)4-1-2-5(3-4)7-10/h4,10H,1-3H2,(H,8,9)/b7-5-/t4-/m1/s1. The lowest BCUT2D eigenvalue weighted by atomic mass is 10.1. The van der Waals surface area contributed by atoms with Crippen LogP contribution in [0.2, 0.25) is 0 Å². The molecule has 1 atom stereocenters. The van der Waals surface area contributed by atoms with Crippen LogP contribution in [-0.4, -0.2) is 22.0 Å². The molecule has 0 radical (unpaired) electrons. The average Bonchev–Trinajstić information content (AvgIpc) is 2.34. The molecule has 0 aromatic rings. The van der Waals surface area contributed by atoms with Crippen LogP contribution in [0.1, 0.15) is 19.3 Å². The van der Waals surface area contributed by atoms with Crippen molar-refractivity contribution in [2.75, 3.05) is 0 Å². The van der Waals surface area contributed by atoms with Gasteiger partial charge in [0.05, 0.1) is 11.6 Å². The third kappa shape index (κ3) is 1.26. The zero-order valence-corrected chi connectivity index (χ0v) is 5.45. The number of carbonyl (C=O) groups is 1. The van der Waals surface area contributed by atoms with Crippen molar-refractivity contribution in [3.05, 3.63) is 0 Å². The smallest absolute Gasteiger partial charge is 0.306 e. The summed E-state index contributed by atoms with van der Waals surface area (Å²) in [4.78, 5) is 10.3. The van der Waals surface area contributed by atoms with E-state index in [0.29, 0.717) is 25.0 Å². The summed E-state index contributed by atoms with van der Waals surface area (Å²) in [6.45, 7) is 0. The predicted molar refractivity (Wildman–Crippen MR) is 34.2 cm³/mol. The summed E-state index contributed by atoms with van der Waals surface area (Å²) in [5, 5.41) is 19.7. The van der Waals surface area contributed by atoms with E-state index in [4.69, 9.17) is 10.3 Å². The summed E-state index contributed by atoms with van der Waals surface area (Å²) in [5.41, 5.74) is 0.604. The molecule has 56 valence electrons. The molecular weight excluding hydrogens is 134 g/mol. The molecule has 0 heterocycles. The zero-order chi connectivity index (χ0) is 7.56. The van der Waals surface area contributed by atoms with E-state index < -0.39 is 5.97 Å². The maximum Gasteiger partial charge on any atom is 0.306 e. The number of hydrogen-bond acceptors (Lipinski definition) is 3. The van der Waals surface area contributed by atoms with E-state index in [1.807, 2.05) is 0 Å². The monoisotopic (exact) mass is 143 g/mol. The van der Waals surface area contributed by atoms with E-state index in [0.717, 1.165) is 0 Å². The topological polar surface area (TPSA) is 69.9 Å². The lowest BCUT2D eigenvalue weighted by Gasteiger charge is -1.97. The van der Waals surface area contributed by atoms with Gasteiger partial charge in [-0.1, -0.05) is 5.16 Å². The van der Waals surface area contributed by atoms with Crippen LogP contribution >= 0.6 is 0 Å². The van der Waals surface area contributed by atoms with Crippen LogP contribution in [0.15, 0.2) is 5.16 Å². The molecular formula is C6H9NO3. The average molecular weight is 143 g/mol. The number of nitrogens with zero attached hydrogens (tertiary/aromatic N) is 1. The zero-order valence-electron chi connectivity index (χ0n) is 5.45. The summed E-state index contributed by atoms with van der Waals surface area (Å²) in [6, 6.07) is 0. The minimum Gasteiger partial charge on any atom is -0.481 e. The van der Waals surface area contributed by atoms with Crippen molar-refractivity contribution < 1.29 is 15.1 Å². The van der Waals surface area contributed by atoms with Gasteiger partial charge < -0.3 is 10.3 Å². The minimum atomic E-state index is -0.793. The molecule has 0 saturated heterocycles. The Balaban J connectivity index is 2.51. The molecule has 0 spiro atoms. The maximum absolute atomic E-state index is 10.3. The van der Waals surface area contributed by atoms with Crippen LogP contribution in [0.5, 0.6) is 0 Å². The number of oxime groups is 1. The van der Waals surface area contributed by atoms with Crippen LogP contribution in [0, 0.1) is 5.92 Å². The molecule has 1 aliphatic carbocycles. The van der Waals surface area contributed by atoms with E-state index in [2.05, 4.69) is 5.16 Å². The molecule has 1 rings (SSSR count). The molecule has 0 amide bonds. The fraction of sp³-hybridized carbons (Fsp3) is 0.667. The summed E-state index contributed by atoms with van der Waals surface area (Å²) < 4.78 is 0. The fourth-order valence-corrected chi connectivity index (χ4v) is 1.13. The van der Waals surface area contributed by atoms with Gasteiger partial charge in [0.15, 0.2) is 0 Å². The van der Waals surface area contributed by atoms with Crippen LogP contribution in [0.3, 0.4) is 0 Å². The van der Waals surface area contributed by atoms with Gasteiger partial charge in [0.25, 0.3) is 0 Å². The van der Waals surface area contributed by atoms with E-state index in [9.17, 15) is 4.79 Å². The molecule has 0 unspecified atom stereocenters. The van der Waals surface area contributed by atoms with Crippen molar-refractivity contribution in [1.29, 1.82) is 0 Å². The van der Waals surface area contributed by atoms with Crippen molar-refractivity contribution in [3.63, 3.8) is 0 Å². The van der Waals surface area contributed by atoms with Crippen LogP contribution in [0.25, 0.3) is 0 Å². The molecule has 1 saturated carbocycles. The molecule has 0 bridgehead atoms. The Bertz CT molecular complexity index is 176. The summed E-state index contributed by atoms with van der Waals surface area (Å²) in [5.74, 6) is -1.12. The lowest BCUT2D eigenvalue weighted by Crippen LogP contribution is -2.09. The third-order valence-corrected chi connectivity index (χ3v) is 1.75. The first-order chi connectivity index (χ1) is 4.74. The highest BCUT2D eigenvalue weighted by Gasteiger charge is 2.26. The quantitative estimate of drug-likeness (QED) is 0.419. The predicted octanol–water partition coefficient (Wildman–Crippen LogP) is 0.701. The van der Waals surface area contributed by atoms with Gasteiger partial charge >= 0.3 is 5.97 Å². The van der Waals surface area contributed by atoms with Crippen molar-refractivity contribution >= 4 is 11.7 Å². The summed E-state index contributed by atoms with van der Waals surface area (Å²) >= 11 is 0. The molecule has 0 aromatic carbocycles. The van der Waals surface area contributed by atoms with Crippen LogP contribution in [-0.2, 0) is 4.79 Å². The molecule has 1 aliphatic rings. The maximum atomic E-state index is 10.3. The molecule has 4 heteroatoms. The third-order valence-electron chi connectivity index (χ3n) is 1.75. The second-order valence-electron chi connectivity index (χ2n) is 2.44. The van der Waals surface area contributed by atoms with E-state index in [1.165, 1.54) is 0 Å². The summed E-state index contributed by atoms with van der Waals surface area (Å²) in [6.07, 6.45) is 1.63. The van der Waals surface area contributed by atoms with Gasteiger partial charge in [-0.15, -0.1) is 0 Å². The van der Waals surface area contributed by atoms with Gasteiger partial charge in [0.2, 0.25) is 0 Å². The number of hydrogen-bond donors (Lipinski definition) is 2. The van der Waals surface area contributed by atoms with Crippen LogP contribution < -0.4 is 0 Å². The Morgan fingerprint density at radius 3 is 2.70 bits per heavy atom. The summed E-state index contributed by atoms with van der Waals surface area (Å²) in [7, 11) is 0. The van der Waals surface area contributed by atoms with E-state index >= 15 is 0 Å². The Kier molecular flexibility index (Phi) is 1.89. The first-order valence-corrected chi connectivity index (χ1v) is 3.16. The SMILES string of the molecule is O=C(O)[C@@H]1CC/C(=N/O)C1. The number of aliphatic carboxylic acids is 1. The van der Waals surface area contributed by atoms with Gasteiger partial charge in [-0.25, -0.2) is 0 Å². The Hall–Kier alpha value is -1.06. The fourth-order valence-electron chi connectivity index (χ4n) is 1.13. The first-order valence-electron chi connectivity index (χ1n) is 3.16. The van der Waals surface area contributed by atoms with Gasteiger partial charge in [0, 0.05) is 6.42 Å². The number of carboxylic acid groups (broad SMARTS) is 1. The van der Waals surface area contributed by atoms with Crippen molar-refractivity contribution in [2.45, 2.75) is 19.3 Å². The molecule has 4 nitrogen and oxygen atoms in total. The highest BCUT2D eigenvalue weighted by molar-refractivity contribution is 5.90. The van der Waals surface area contributed by atoms with Gasteiger partial charge in [0.1, 0.15) is 0 Å².